The van der Waals surface area contributed by atoms with Crippen LogP contribution < -0.4 is 16.1 Å². The van der Waals surface area contributed by atoms with Crippen molar-refractivity contribution in [3.63, 3.8) is 0 Å². The molecule has 1 aliphatic rings. The molecule has 0 aromatic heterocycles. The second-order valence-electron chi connectivity index (χ2n) is 3.23. The van der Waals surface area contributed by atoms with E-state index in [2.05, 4.69) is 16.1 Å². The van der Waals surface area contributed by atoms with Gasteiger partial charge in [-0.15, -0.1) is 0 Å². The fraction of sp³-hybridized carbons (Fsp3) is 0.750. The van der Waals surface area contributed by atoms with Crippen molar-refractivity contribution in [3.8, 4) is 0 Å². The Balaban J connectivity index is 3.09. The number of hydrazine groups is 1. The Morgan fingerprint density at radius 3 is 2.12 bits per heavy atom. The van der Waals surface area contributed by atoms with Crippen LogP contribution in [0.4, 0.5) is 4.79 Å². The van der Waals surface area contributed by atoms with Crippen molar-refractivity contribution in [3.05, 3.63) is 0 Å². The number of urea groups is 1. The Morgan fingerprint density at radius 1 is 1.25 bits per heavy atom. The van der Waals surface area contributed by atoms with Crippen LogP contribution in [0.3, 0.4) is 0 Å². The van der Waals surface area contributed by atoms with Crippen LogP contribution in [0, 0.1) is 0 Å². The number of β-amino-alcohol motifs (C(OH)–C–C–N with tert-alkyl or cyclic N) is 1. The normalized spacial score (nSPS) is 19.8. The Kier molecular flexibility index (Phi) is 3.81. The second kappa shape index (κ2) is 4.74. The SMILES string of the molecule is CNN1C(=O)N(CCO)C(=O)C1(NC)NC. The lowest BCUT2D eigenvalue weighted by Gasteiger charge is -2.32. The van der Waals surface area contributed by atoms with Gasteiger partial charge in [-0.3, -0.25) is 20.3 Å². The maximum Gasteiger partial charge on any atom is 0.344 e. The van der Waals surface area contributed by atoms with E-state index >= 15 is 0 Å². The van der Waals surface area contributed by atoms with Crippen molar-refractivity contribution in [2.45, 2.75) is 5.79 Å². The fourth-order valence-electron chi connectivity index (χ4n) is 1.77. The highest BCUT2D eigenvalue weighted by molar-refractivity contribution is 6.06. The number of carbonyl (C=O) groups is 2. The van der Waals surface area contributed by atoms with E-state index in [0.717, 1.165) is 9.91 Å². The van der Waals surface area contributed by atoms with Crippen LogP contribution in [0.15, 0.2) is 0 Å². The number of likely N-dealkylation sites (N-methyl/N-ethyl adjacent to an activating group) is 2. The number of hydrogen-bond acceptors (Lipinski definition) is 6. The summed E-state index contributed by atoms with van der Waals surface area (Å²) in [6.45, 7) is -0.292. The molecule has 0 bridgehead atoms. The zero-order chi connectivity index (χ0) is 12.3. The fourth-order valence-corrected chi connectivity index (χ4v) is 1.77. The molecule has 8 heteroatoms. The maximum atomic E-state index is 12.0. The Labute approximate surface area is 93.5 Å². The molecule has 1 fully saturated rings. The van der Waals surface area contributed by atoms with Gasteiger partial charge in [0.1, 0.15) is 0 Å². The van der Waals surface area contributed by atoms with Crippen molar-refractivity contribution >= 4 is 11.9 Å². The summed E-state index contributed by atoms with van der Waals surface area (Å²) in [6.07, 6.45) is 0. The Morgan fingerprint density at radius 2 is 1.81 bits per heavy atom. The highest BCUT2D eigenvalue weighted by atomic mass is 16.3. The van der Waals surface area contributed by atoms with Crippen molar-refractivity contribution in [1.29, 1.82) is 0 Å². The summed E-state index contributed by atoms with van der Waals surface area (Å²) < 4.78 is 0. The van der Waals surface area contributed by atoms with Crippen LogP contribution >= 0.6 is 0 Å². The number of aliphatic hydroxyl groups is 1. The first kappa shape index (κ1) is 12.8. The molecule has 92 valence electrons. The smallest absolute Gasteiger partial charge is 0.344 e. The van der Waals surface area contributed by atoms with Crippen LogP contribution in [-0.2, 0) is 4.79 Å². The van der Waals surface area contributed by atoms with Crippen LogP contribution in [0.2, 0.25) is 0 Å². The summed E-state index contributed by atoms with van der Waals surface area (Å²) in [5.74, 6) is -1.76. The summed E-state index contributed by atoms with van der Waals surface area (Å²) in [6, 6.07) is -0.509. The number of amides is 3. The lowest BCUT2D eigenvalue weighted by Crippen LogP contribution is -2.70. The zero-order valence-electron chi connectivity index (χ0n) is 9.57. The minimum Gasteiger partial charge on any atom is -0.395 e. The van der Waals surface area contributed by atoms with Gasteiger partial charge >= 0.3 is 6.03 Å². The molecule has 0 aliphatic carbocycles. The quantitative estimate of drug-likeness (QED) is 0.308. The molecule has 0 atom stereocenters. The van der Waals surface area contributed by atoms with E-state index in [0.29, 0.717) is 0 Å². The third kappa shape index (κ3) is 1.55. The van der Waals surface area contributed by atoms with Crippen molar-refractivity contribution in [1.82, 2.24) is 26.0 Å². The molecule has 0 saturated carbocycles. The van der Waals surface area contributed by atoms with Crippen LogP contribution in [0.25, 0.3) is 0 Å². The number of aliphatic hydroxyl groups excluding tert-OH is 1. The van der Waals surface area contributed by atoms with Gasteiger partial charge in [0.05, 0.1) is 13.2 Å². The van der Waals surface area contributed by atoms with E-state index in [1.807, 2.05) is 0 Å². The average Bonchev–Trinajstić information content (AvgIpc) is 2.50. The van der Waals surface area contributed by atoms with Gasteiger partial charge < -0.3 is 5.11 Å². The first-order valence-corrected chi connectivity index (χ1v) is 4.91. The Hall–Kier alpha value is -1.22. The van der Waals surface area contributed by atoms with E-state index in [4.69, 9.17) is 5.11 Å². The molecule has 0 aromatic carbocycles. The molecule has 3 amide bonds. The Bertz CT molecular complexity index is 291. The minimum atomic E-state index is -1.30. The molecular weight excluding hydrogens is 214 g/mol. The van der Waals surface area contributed by atoms with Gasteiger partial charge in [0.25, 0.3) is 5.91 Å². The van der Waals surface area contributed by atoms with E-state index in [1.54, 1.807) is 14.1 Å². The summed E-state index contributed by atoms with van der Waals surface area (Å²) in [4.78, 5) is 24.9. The molecule has 8 nitrogen and oxygen atoms in total. The monoisotopic (exact) mass is 231 g/mol. The van der Waals surface area contributed by atoms with Gasteiger partial charge in [0.15, 0.2) is 0 Å². The number of hydrogen-bond donors (Lipinski definition) is 4. The topological polar surface area (TPSA) is 96.9 Å². The molecule has 0 unspecified atom stereocenters. The van der Waals surface area contributed by atoms with Crippen molar-refractivity contribution in [2.24, 2.45) is 0 Å². The maximum absolute atomic E-state index is 12.0. The second-order valence-corrected chi connectivity index (χ2v) is 3.23. The van der Waals surface area contributed by atoms with Gasteiger partial charge in [-0.05, 0) is 14.1 Å². The summed E-state index contributed by atoms with van der Waals surface area (Å²) in [5.41, 5.74) is 2.64. The largest absolute Gasteiger partial charge is 0.395 e. The lowest BCUT2D eigenvalue weighted by atomic mass is 10.3. The standard InChI is InChI=1S/C8H17N5O3/c1-9-8(10-2)6(15)12(4-5-14)7(16)13(8)11-3/h9-11,14H,4-5H2,1-3H3. The zero-order valence-corrected chi connectivity index (χ0v) is 9.57. The molecule has 1 aliphatic heterocycles. The van der Waals surface area contributed by atoms with Crippen molar-refractivity contribution in [2.75, 3.05) is 34.3 Å². The molecule has 4 N–H and O–H groups in total. The summed E-state index contributed by atoms with van der Waals surface area (Å²) in [5, 5.41) is 15.5. The first-order valence-electron chi connectivity index (χ1n) is 4.91. The minimum absolute atomic E-state index is 0.0268. The predicted octanol–water partition coefficient (Wildman–Crippen LogP) is -2.53. The van der Waals surface area contributed by atoms with E-state index in [1.165, 1.54) is 7.05 Å². The van der Waals surface area contributed by atoms with Gasteiger partial charge in [-0.25, -0.2) is 15.2 Å². The molecule has 16 heavy (non-hydrogen) atoms. The highest BCUT2D eigenvalue weighted by Crippen LogP contribution is 2.20. The average molecular weight is 231 g/mol. The van der Waals surface area contributed by atoms with E-state index in [-0.39, 0.29) is 13.2 Å². The van der Waals surface area contributed by atoms with Crippen molar-refractivity contribution < 1.29 is 14.7 Å². The van der Waals surface area contributed by atoms with E-state index in [9.17, 15) is 9.59 Å². The van der Waals surface area contributed by atoms with Crippen LogP contribution in [-0.4, -0.2) is 67.0 Å². The molecule has 1 saturated heterocycles. The van der Waals surface area contributed by atoms with E-state index < -0.39 is 17.7 Å². The molecule has 0 spiro atoms. The lowest BCUT2D eigenvalue weighted by molar-refractivity contribution is -0.137. The van der Waals surface area contributed by atoms with Crippen LogP contribution in [0.5, 0.6) is 0 Å². The summed E-state index contributed by atoms with van der Waals surface area (Å²) in [7, 11) is 4.67. The first-order chi connectivity index (χ1) is 7.58. The number of carbonyl (C=O) groups excluding carboxylic acids is 2. The van der Waals surface area contributed by atoms with Crippen LogP contribution in [0.1, 0.15) is 0 Å². The summed E-state index contributed by atoms with van der Waals surface area (Å²) >= 11 is 0. The number of imide groups is 1. The van der Waals surface area contributed by atoms with Gasteiger partial charge in [0, 0.05) is 7.05 Å². The highest BCUT2D eigenvalue weighted by Gasteiger charge is 2.56. The van der Waals surface area contributed by atoms with Gasteiger partial charge in [-0.2, -0.15) is 0 Å². The predicted molar refractivity (Wildman–Crippen MR) is 55.9 cm³/mol. The molecule has 1 rings (SSSR count). The number of rotatable bonds is 5. The molecule has 1 heterocycles. The third-order valence-electron chi connectivity index (χ3n) is 2.58. The van der Waals surface area contributed by atoms with Gasteiger partial charge in [-0.1, -0.05) is 0 Å². The van der Waals surface area contributed by atoms with Gasteiger partial charge in [0.2, 0.25) is 5.79 Å². The number of nitrogens with zero attached hydrogens (tertiary/aromatic N) is 2. The molecule has 0 aromatic rings. The third-order valence-corrected chi connectivity index (χ3v) is 2.58. The molecule has 0 radical (unpaired) electrons. The molecular formula is C8H17N5O3. The number of nitrogens with one attached hydrogen (secondary N) is 3.